The molecule has 1 amide bonds. The maximum absolute atomic E-state index is 11.3. The second kappa shape index (κ2) is 5.09. The number of aromatic nitrogens is 2. The molecule has 1 aromatic heterocycles. The molecule has 0 saturated carbocycles. The zero-order valence-electron chi connectivity index (χ0n) is 9.02. The molecule has 1 saturated heterocycles. The monoisotopic (exact) mass is 304 g/mol. The van der Waals surface area contributed by atoms with Crippen LogP contribution in [0.1, 0.15) is 13.3 Å². The number of rotatable bonds is 1. The summed E-state index contributed by atoms with van der Waals surface area (Å²) in [7, 11) is 0. The van der Waals surface area contributed by atoms with Gasteiger partial charge in [0.2, 0.25) is 11.0 Å². The molecule has 0 aromatic carbocycles. The van der Waals surface area contributed by atoms with Crippen molar-refractivity contribution in [3.05, 3.63) is 3.92 Å². The van der Waals surface area contributed by atoms with Crippen molar-refractivity contribution >= 4 is 38.3 Å². The van der Waals surface area contributed by atoms with E-state index < -0.39 is 0 Å². The van der Waals surface area contributed by atoms with Crippen molar-refractivity contribution in [1.82, 2.24) is 15.1 Å². The number of amides is 1. The molecule has 0 spiro atoms. The van der Waals surface area contributed by atoms with Crippen LogP contribution in [0.3, 0.4) is 0 Å². The molecule has 5 nitrogen and oxygen atoms in total. The van der Waals surface area contributed by atoms with Crippen molar-refractivity contribution < 1.29 is 4.79 Å². The fourth-order valence-electron chi connectivity index (χ4n) is 1.75. The lowest BCUT2D eigenvalue weighted by Crippen LogP contribution is -2.33. The first-order valence-corrected chi connectivity index (χ1v) is 6.77. The van der Waals surface area contributed by atoms with E-state index in [0.29, 0.717) is 0 Å². The lowest BCUT2D eigenvalue weighted by Gasteiger charge is -2.19. The van der Waals surface area contributed by atoms with Crippen LogP contribution < -0.4 is 4.90 Å². The molecule has 0 N–H and O–H groups in total. The van der Waals surface area contributed by atoms with Crippen molar-refractivity contribution in [2.24, 2.45) is 0 Å². The number of hydrogen-bond acceptors (Lipinski definition) is 5. The molecule has 0 bridgehead atoms. The van der Waals surface area contributed by atoms with Crippen molar-refractivity contribution in [1.29, 1.82) is 0 Å². The van der Waals surface area contributed by atoms with E-state index in [1.807, 2.05) is 4.90 Å². The standard InChI is InChI=1S/C9H13BrN4OS/c1-7(15)13-3-2-4-14(6-5-13)9-12-11-8(10)16-9/h2-6H2,1H3. The molecule has 0 aliphatic carbocycles. The number of nitrogens with zero attached hydrogens (tertiary/aromatic N) is 4. The van der Waals surface area contributed by atoms with E-state index >= 15 is 0 Å². The second-order valence-corrected chi connectivity index (χ2v) is 5.92. The molecular formula is C9H13BrN4OS. The zero-order valence-corrected chi connectivity index (χ0v) is 11.4. The van der Waals surface area contributed by atoms with Gasteiger partial charge >= 0.3 is 0 Å². The van der Waals surface area contributed by atoms with E-state index in [0.717, 1.165) is 41.6 Å². The molecule has 1 aliphatic rings. The van der Waals surface area contributed by atoms with Gasteiger partial charge in [-0.05, 0) is 22.4 Å². The summed E-state index contributed by atoms with van der Waals surface area (Å²) in [6.07, 6.45) is 0.983. The second-order valence-electron chi connectivity index (χ2n) is 3.68. The molecule has 0 radical (unpaired) electrons. The van der Waals surface area contributed by atoms with Gasteiger partial charge in [-0.15, -0.1) is 10.2 Å². The third-order valence-corrected chi connectivity index (χ3v) is 4.02. The highest BCUT2D eigenvalue weighted by atomic mass is 79.9. The summed E-state index contributed by atoms with van der Waals surface area (Å²) in [5.74, 6) is 0.153. The Morgan fingerprint density at radius 3 is 2.75 bits per heavy atom. The number of carbonyl (C=O) groups is 1. The van der Waals surface area contributed by atoms with Crippen molar-refractivity contribution in [3.8, 4) is 0 Å². The fraction of sp³-hybridized carbons (Fsp3) is 0.667. The molecule has 16 heavy (non-hydrogen) atoms. The van der Waals surface area contributed by atoms with Gasteiger partial charge in [0, 0.05) is 33.1 Å². The van der Waals surface area contributed by atoms with Gasteiger partial charge < -0.3 is 9.80 Å². The van der Waals surface area contributed by atoms with Gasteiger partial charge in [-0.3, -0.25) is 4.79 Å². The van der Waals surface area contributed by atoms with Crippen LogP contribution in [0.5, 0.6) is 0 Å². The molecule has 88 valence electrons. The fourth-order valence-corrected chi connectivity index (χ4v) is 2.89. The van der Waals surface area contributed by atoms with Crippen LogP contribution in [0.25, 0.3) is 0 Å². The third kappa shape index (κ3) is 2.70. The molecule has 2 heterocycles. The Labute approximate surface area is 107 Å². The van der Waals surface area contributed by atoms with E-state index in [-0.39, 0.29) is 5.91 Å². The van der Waals surface area contributed by atoms with Gasteiger partial charge in [-0.1, -0.05) is 11.3 Å². The highest BCUT2D eigenvalue weighted by Crippen LogP contribution is 2.24. The van der Waals surface area contributed by atoms with Crippen LogP contribution in [-0.2, 0) is 4.79 Å². The van der Waals surface area contributed by atoms with Crippen LogP contribution in [0.2, 0.25) is 0 Å². The lowest BCUT2D eigenvalue weighted by atomic mass is 10.4. The smallest absolute Gasteiger partial charge is 0.219 e. The first kappa shape index (κ1) is 11.8. The van der Waals surface area contributed by atoms with Crippen LogP contribution in [-0.4, -0.2) is 47.2 Å². The Bertz CT molecular complexity index is 383. The molecule has 1 aliphatic heterocycles. The van der Waals surface area contributed by atoms with Gasteiger partial charge in [-0.25, -0.2) is 0 Å². The normalized spacial score (nSPS) is 17.4. The van der Waals surface area contributed by atoms with Gasteiger partial charge in [0.15, 0.2) is 3.92 Å². The van der Waals surface area contributed by atoms with Crippen molar-refractivity contribution in [3.63, 3.8) is 0 Å². The molecular weight excluding hydrogens is 292 g/mol. The Morgan fingerprint density at radius 2 is 2.12 bits per heavy atom. The van der Waals surface area contributed by atoms with Gasteiger partial charge in [0.05, 0.1) is 0 Å². The molecule has 0 unspecified atom stereocenters. The zero-order chi connectivity index (χ0) is 11.5. The Hall–Kier alpha value is -0.690. The van der Waals surface area contributed by atoms with Crippen LogP contribution >= 0.6 is 27.3 Å². The van der Waals surface area contributed by atoms with Gasteiger partial charge in [-0.2, -0.15) is 0 Å². The first-order chi connectivity index (χ1) is 7.66. The summed E-state index contributed by atoms with van der Waals surface area (Å²) in [5.41, 5.74) is 0. The van der Waals surface area contributed by atoms with Crippen molar-refractivity contribution in [2.45, 2.75) is 13.3 Å². The summed E-state index contributed by atoms with van der Waals surface area (Å²) in [6.45, 7) is 5.00. The molecule has 1 fully saturated rings. The van der Waals surface area contributed by atoms with Gasteiger partial charge in [0.1, 0.15) is 0 Å². The van der Waals surface area contributed by atoms with Crippen LogP contribution in [0, 0.1) is 0 Å². The highest BCUT2D eigenvalue weighted by molar-refractivity contribution is 9.11. The summed E-state index contributed by atoms with van der Waals surface area (Å²) >= 11 is 4.84. The first-order valence-electron chi connectivity index (χ1n) is 5.16. The van der Waals surface area contributed by atoms with E-state index in [9.17, 15) is 4.79 Å². The quantitative estimate of drug-likeness (QED) is 0.786. The minimum absolute atomic E-state index is 0.153. The maximum atomic E-state index is 11.3. The average molecular weight is 305 g/mol. The number of carbonyl (C=O) groups excluding carboxylic acids is 1. The van der Waals surface area contributed by atoms with Crippen molar-refractivity contribution in [2.75, 3.05) is 31.1 Å². The van der Waals surface area contributed by atoms with Crippen LogP contribution in [0.15, 0.2) is 3.92 Å². The number of hydrogen-bond donors (Lipinski definition) is 0. The summed E-state index contributed by atoms with van der Waals surface area (Å²) in [6, 6.07) is 0. The summed E-state index contributed by atoms with van der Waals surface area (Å²) < 4.78 is 0.801. The minimum atomic E-state index is 0.153. The maximum Gasteiger partial charge on any atom is 0.219 e. The molecule has 2 rings (SSSR count). The summed E-state index contributed by atoms with van der Waals surface area (Å²) in [4.78, 5) is 15.3. The number of anilines is 1. The van der Waals surface area contributed by atoms with E-state index in [1.54, 1.807) is 6.92 Å². The lowest BCUT2D eigenvalue weighted by molar-refractivity contribution is -0.128. The molecule has 1 aromatic rings. The Kier molecular flexibility index (Phi) is 3.75. The summed E-state index contributed by atoms with van der Waals surface area (Å²) in [5, 5.41) is 8.96. The van der Waals surface area contributed by atoms with Crippen LogP contribution in [0.4, 0.5) is 5.13 Å². The number of halogens is 1. The SMILES string of the molecule is CC(=O)N1CCCN(c2nnc(Br)s2)CC1. The Morgan fingerprint density at radius 1 is 1.31 bits per heavy atom. The minimum Gasteiger partial charge on any atom is -0.345 e. The van der Waals surface area contributed by atoms with Gasteiger partial charge in [0.25, 0.3) is 0 Å². The Balaban J connectivity index is 2.01. The van der Waals surface area contributed by atoms with E-state index in [4.69, 9.17) is 0 Å². The largest absolute Gasteiger partial charge is 0.345 e. The van der Waals surface area contributed by atoms with E-state index in [1.165, 1.54) is 11.3 Å². The predicted molar refractivity (Wildman–Crippen MR) is 66.7 cm³/mol. The molecule has 0 atom stereocenters. The third-order valence-electron chi connectivity index (χ3n) is 2.60. The highest BCUT2D eigenvalue weighted by Gasteiger charge is 2.18. The average Bonchev–Trinajstić information content (AvgIpc) is 2.54. The topological polar surface area (TPSA) is 49.3 Å². The van der Waals surface area contributed by atoms with E-state index in [2.05, 4.69) is 31.0 Å². The predicted octanol–water partition coefficient (Wildman–Crippen LogP) is 1.36. The molecule has 7 heteroatoms.